The molecule has 0 amide bonds. The number of rotatable bonds is 6. The first-order chi connectivity index (χ1) is 12.7. The molecule has 0 heterocycles. The Labute approximate surface area is 168 Å². The molecule has 0 aliphatic rings. The lowest BCUT2D eigenvalue weighted by Crippen LogP contribution is -2.44. The van der Waals surface area contributed by atoms with E-state index in [-0.39, 0.29) is 17.0 Å². The van der Waals surface area contributed by atoms with E-state index in [4.69, 9.17) is 24.4 Å². The van der Waals surface area contributed by atoms with Gasteiger partial charge >= 0.3 is 0 Å². The SMILES string of the molecule is CC(C)(CNC(=S)Nc1ccc(F)cc1)CNC(=S)Nc1ccc(F)cc1. The molecule has 0 bridgehead atoms. The highest BCUT2D eigenvalue weighted by Crippen LogP contribution is 2.13. The lowest BCUT2D eigenvalue weighted by molar-refractivity contribution is 0.362. The summed E-state index contributed by atoms with van der Waals surface area (Å²) in [5, 5.41) is 13.2. The fourth-order valence-electron chi connectivity index (χ4n) is 2.12. The van der Waals surface area contributed by atoms with Gasteiger partial charge in [0.1, 0.15) is 11.6 Å². The number of halogens is 2. The first kappa shape index (κ1) is 21.0. The van der Waals surface area contributed by atoms with E-state index in [1.54, 1.807) is 24.3 Å². The molecule has 4 nitrogen and oxygen atoms in total. The molecule has 0 saturated carbocycles. The van der Waals surface area contributed by atoms with Crippen LogP contribution in [0.1, 0.15) is 13.8 Å². The third kappa shape index (κ3) is 7.84. The Morgan fingerprint density at radius 1 is 0.741 bits per heavy atom. The second kappa shape index (κ2) is 9.57. The summed E-state index contributed by atoms with van der Waals surface area (Å²) in [4.78, 5) is 0. The summed E-state index contributed by atoms with van der Waals surface area (Å²) in [6.07, 6.45) is 0. The lowest BCUT2D eigenvalue weighted by Gasteiger charge is -2.27. The Bertz CT molecular complexity index is 712. The van der Waals surface area contributed by atoms with Gasteiger partial charge in [0.15, 0.2) is 10.2 Å². The Balaban J connectivity index is 1.73. The van der Waals surface area contributed by atoms with Gasteiger partial charge in [-0.2, -0.15) is 0 Å². The number of thiocarbonyl (C=S) groups is 2. The van der Waals surface area contributed by atoms with Crippen LogP contribution in [0.15, 0.2) is 48.5 Å². The Morgan fingerprint density at radius 2 is 1.07 bits per heavy atom. The van der Waals surface area contributed by atoms with Crippen molar-refractivity contribution in [3.63, 3.8) is 0 Å². The van der Waals surface area contributed by atoms with Gasteiger partial charge in [-0.15, -0.1) is 0 Å². The van der Waals surface area contributed by atoms with Gasteiger partial charge in [0.25, 0.3) is 0 Å². The van der Waals surface area contributed by atoms with Gasteiger partial charge < -0.3 is 21.3 Å². The van der Waals surface area contributed by atoms with Crippen molar-refractivity contribution in [1.82, 2.24) is 10.6 Å². The Hall–Kier alpha value is -2.32. The molecule has 0 spiro atoms. The van der Waals surface area contributed by atoms with Crippen LogP contribution in [0.2, 0.25) is 0 Å². The van der Waals surface area contributed by atoms with Crippen molar-refractivity contribution in [3.05, 3.63) is 60.2 Å². The number of nitrogens with one attached hydrogen (secondary N) is 4. The minimum Gasteiger partial charge on any atom is -0.362 e. The van der Waals surface area contributed by atoms with Gasteiger partial charge in [-0.1, -0.05) is 13.8 Å². The average molecular weight is 409 g/mol. The maximum absolute atomic E-state index is 12.9. The molecule has 0 aliphatic carbocycles. The minimum atomic E-state index is -0.295. The second-order valence-corrected chi connectivity index (χ2v) is 7.61. The van der Waals surface area contributed by atoms with Crippen LogP contribution in [-0.4, -0.2) is 23.3 Å². The number of hydrogen-bond donors (Lipinski definition) is 4. The number of benzene rings is 2. The topological polar surface area (TPSA) is 48.1 Å². The van der Waals surface area contributed by atoms with Crippen molar-refractivity contribution in [2.75, 3.05) is 23.7 Å². The van der Waals surface area contributed by atoms with Gasteiger partial charge in [-0.3, -0.25) is 0 Å². The highest BCUT2D eigenvalue weighted by Gasteiger charge is 2.18. The molecule has 2 aromatic carbocycles. The lowest BCUT2D eigenvalue weighted by atomic mass is 9.93. The third-order valence-corrected chi connectivity index (χ3v) is 4.15. The molecule has 0 saturated heterocycles. The highest BCUT2D eigenvalue weighted by atomic mass is 32.1. The average Bonchev–Trinajstić information content (AvgIpc) is 2.63. The summed E-state index contributed by atoms with van der Waals surface area (Å²) in [6.45, 7) is 5.33. The van der Waals surface area contributed by atoms with Crippen LogP contribution in [0.5, 0.6) is 0 Å². The fourth-order valence-corrected chi connectivity index (χ4v) is 2.50. The maximum Gasteiger partial charge on any atom is 0.170 e. The first-order valence-corrected chi connectivity index (χ1v) is 9.16. The standard InChI is InChI=1S/C19H22F2N4S2/c1-19(2,11-22-17(26)24-15-7-3-13(20)4-8-15)12-23-18(27)25-16-9-5-14(21)6-10-16/h3-10H,11-12H2,1-2H3,(H2,22,24,26)(H2,23,25,27). The van der Waals surface area contributed by atoms with Gasteiger partial charge in [0.05, 0.1) is 0 Å². The summed E-state index contributed by atoms with van der Waals surface area (Å²) < 4.78 is 25.8. The summed E-state index contributed by atoms with van der Waals surface area (Å²) in [5.41, 5.74) is 1.28. The largest absolute Gasteiger partial charge is 0.362 e. The molecule has 0 aliphatic heterocycles. The molecule has 144 valence electrons. The van der Waals surface area contributed by atoms with Crippen molar-refractivity contribution in [3.8, 4) is 0 Å². The van der Waals surface area contributed by atoms with Crippen molar-refractivity contribution in [2.45, 2.75) is 13.8 Å². The number of anilines is 2. The van der Waals surface area contributed by atoms with Gasteiger partial charge in [0.2, 0.25) is 0 Å². The van der Waals surface area contributed by atoms with Crippen LogP contribution < -0.4 is 21.3 Å². The predicted octanol–water partition coefficient (Wildman–Crippen LogP) is 4.26. The molecule has 4 N–H and O–H groups in total. The molecule has 0 fully saturated rings. The van der Waals surface area contributed by atoms with Gasteiger partial charge in [-0.05, 0) is 78.4 Å². The van der Waals surface area contributed by atoms with Crippen LogP contribution in [0, 0.1) is 17.0 Å². The van der Waals surface area contributed by atoms with Crippen LogP contribution in [0.4, 0.5) is 20.2 Å². The summed E-state index contributed by atoms with van der Waals surface area (Å²) in [5.74, 6) is -0.589. The monoisotopic (exact) mass is 408 g/mol. The van der Waals surface area contributed by atoms with E-state index >= 15 is 0 Å². The minimum absolute atomic E-state index is 0.150. The second-order valence-electron chi connectivity index (χ2n) is 6.79. The van der Waals surface area contributed by atoms with Crippen LogP contribution in [0.25, 0.3) is 0 Å². The highest BCUT2D eigenvalue weighted by molar-refractivity contribution is 7.80. The molecule has 0 aromatic heterocycles. The zero-order valence-corrected chi connectivity index (χ0v) is 16.7. The zero-order valence-electron chi connectivity index (χ0n) is 15.1. The summed E-state index contributed by atoms with van der Waals surface area (Å²) >= 11 is 10.5. The molecule has 0 unspecified atom stereocenters. The third-order valence-electron chi connectivity index (χ3n) is 3.66. The maximum atomic E-state index is 12.9. The Kier molecular flexibility index (Phi) is 7.44. The van der Waals surface area contributed by atoms with E-state index in [1.807, 2.05) is 0 Å². The normalized spacial score (nSPS) is 10.8. The van der Waals surface area contributed by atoms with Crippen LogP contribution in [0.3, 0.4) is 0 Å². The van der Waals surface area contributed by atoms with E-state index in [9.17, 15) is 8.78 Å². The number of hydrogen-bond acceptors (Lipinski definition) is 2. The van der Waals surface area contributed by atoms with E-state index in [0.29, 0.717) is 23.3 Å². The van der Waals surface area contributed by atoms with Crippen molar-refractivity contribution < 1.29 is 8.78 Å². The van der Waals surface area contributed by atoms with Crippen molar-refractivity contribution in [1.29, 1.82) is 0 Å². The van der Waals surface area contributed by atoms with E-state index in [2.05, 4.69) is 35.1 Å². The van der Waals surface area contributed by atoms with Gasteiger partial charge in [0, 0.05) is 24.5 Å². The van der Waals surface area contributed by atoms with E-state index in [1.165, 1.54) is 24.3 Å². The van der Waals surface area contributed by atoms with Crippen LogP contribution in [-0.2, 0) is 0 Å². The zero-order chi connectivity index (χ0) is 19.9. The van der Waals surface area contributed by atoms with E-state index < -0.39 is 0 Å². The molecule has 8 heteroatoms. The first-order valence-electron chi connectivity index (χ1n) is 8.34. The molecule has 0 atom stereocenters. The summed E-state index contributed by atoms with van der Waals surface area (Å²) in [7, 11) is 0. The molecule has 2 rings (SSSR count). The molecular weight excluding hydrogens is 386 g/mol. The van der Waals surface area contributed by atoms with Gasteiger partial charge in [-0.25, -0.2) is 8.78 Å². The van der Waals surface area contributed by atoms with E-state index in [0.717, 1.165) is 11.4 Å². The van der Waals surface area contributed by atoms with Crippen molar-refractivity contribution in [2.24, 2.45) is 5.41 Å². The molecule has 27 heavy (non-hydrogen) atoms. The fraction of sp³-hybridized carbons (Fsp3) is 0.263. The molecular formula is C19H22F2N4S2. The Morgan fingerprint density at radius 3 is 1.41 bits per heavy atom. The molecule has 0 radical (unpaired) electrons. The predicted molar refractivity (Wildman–Crippen MR) is 115 cm³/mol. The van der Waals surface area contributed by atoms with Crippen molar-refractivity contribution >= 4 is 46.0 Å². The quantitative estimate of drug-likeness (QED) is 0.536. The smallest absolute Gasteiger partial charge is 0.170 e. The van der Waals surface area contributed by atoms with Crippen LogP contribution >= 0.6 is 24.4 Å². The summed E-state index contributed by atoms with van der Waals surface area (Å²) in [6, 6.07) is 12.0. The molecule has 2 aromatic rings.